The molecule has 0 bridgehead atoms. The maximum absolute atomic E-state index is 12.0. The Kier molecular flexibility index (Phi) is 5.04. The van der Waals surface area contributed by atoms with Crippen LogP contribution in [0.25, 0.3) is 11.0 Å². The van der Waals surface area contributed by atoms with Gasteiger partial charge in [0.15, 0.2) is 5.76 Å². The van der Waals surface area contributed by atoms with Gasteiger partial charge < -0.3 is 8.94 Å². The quantitative estimate of drug-likeness (QED) is 0.639. The monoisotopic (exact) mass is 387 g/mol. The molecule has 3 heterocycles. The molecule has 1 fully saturated rings. The van der Waals surface area contributed by atoms with Gasteiger partial charge in [0.2, 0.25) is 0 Å². The molecule has 0 saturated carbocycles. The van der Waals surface area contributed by atoms with Gasteiger partial charge in [-0.1, -0.05) is 16.8 Å². The predicted octanol–water partition coefficient (Wildman–Crippen LogP) is 3.37. The first-order valence-electron chi connectivity index (χ1n) is 9.08. The molecule has 0 radical (unpaired) electrons. The molecule has 1 aromatic carbocycles. The Balaban J connectivity index is 1.46. The van der Waals surface area contributed by atoms with Gasteiger partial charge in [-0.05, 0) is 37.1 Å². The van der Waals surface area contributed by atoms with Crippen LogP contribution in [0.15, 0.2) is 38.0 Å². The number of benzene rings is 1. The fourth-order valence-corrected chi connectivity index (χ4v) is 3.70. The van der Waals surface area contributed by atoms with Crippen LogP contribution < -0.4 is 5.63 Å². The highest BCUT2D eigenvalue weighted by molar-refractivity contribution is 6.32. The van der Waals surface area contributed by atoms with Crippen molar-refractivity contribution in [2.75, 3.05) is 26.2 Å². The molecule has 0 spiro atoms. The number of hydrogen-bond donors (Lipinski definition) is 0. The molecule has 0 unspecified atom stereocenters. The van der Waals surface area contributed by atoms with E-state index in [0.717, 1.165) is 60.7 Å². The molecule has 0 aliphatic carbocycles. The van der Waals surface area contributed by atoms with Crippen LogP contribution >= 0.6 is 11.6 Å². The molecule has 142 valence electrons. The number of halogens is 1. The Bertz CT molecular complexity index is 1020. The first-order valence-corrected chi connectivity index (χ1v) is 9.45. The third-order valence-corrected chi connectivity index (χ3v) is 5.43. The number of rotatable bonds is 4. The van der Waals surface area contributed by atoms with Crippen molar-refractivity contribution in [3.05, 3.63) is 62.3 Å². The van der Waals surface area contributed by atoms with Gasteiger partial charge in [-0.3, -0.25) is 9.80 Å². The molecule has 0 N–H and O–H groups in total. The van der Waals surface area contributed by atoms with E-state index < -0.39 is 0 Å². The molecule has 0 atom stereocenters. The van der Waals surface area contributed by atoms with Crippen molar-refractivity contribution >= 4 is 22.6 Å². The van der Waals surface area contributed by atoms with E-state index >= 15 is 0 Å². The fraction of sp³-hybridized carbons (Fsp3) is 0.400. The van der Waals surface area contributed by atoms with Crippen LogP contribution in [0.4, 0.5) is 0 Å². The van der Waals surface area contributed by atoms with Gasteiger partial charge >= 0.3 is 5.63 Å². The SMILES string of the molecule is Cc1cc(CN2CCN(Cc3cc(=O)oc4cc(C)c(Cl)cc34)CC2)on1. The van der Waals surface area contributed by atoms with E-state index in [1.165, 1.54) is 0 Å². The number of nitrogens with zero attached hydrogens (tertiary/aromatic N) is 3. The summed E-state index contributed by atoms with van der Waals surface area (Å²) in [5.74, 6) is 0.901. The van der Waals surface area contributed by atoms with Crippen LogP contribution in [-0.4, -0.2) is 41.1 Å². The molecule has 4 rings (SSSR count). The van der Waals surface area contributed by atoms with Crippen molar-refractivity contribution in [3.63, 3.8) is 0 Å². The lowest BCUT2D eigenvalue weighted by molar-refractivity contribution is 0.114. The zero-order valence-corrected chi connectivity index (χ0v) is 16.3. The molecule has 3 aromatic rings. The minimum atomic E-state index is -0.321. The normalized spacial score (nSPS) is 16.3. The largest absolute Gasteiger partial charge is 0.423 e. The van der Waals surface area contributed by atoms with E-state index in [1.807, 2.05) is 32.0 Å². The third kappa shape index (κ3) is 4.08. The summed E-state index contributed by atoms with van der Waals surface area (Å²) in [5.41, 5.74) is 3.05. The maximum Gasteiger partial charge on any atom is 0.336 e. The first kappa shape index (κ1) is 18.2. The Labute approximate surface area is 162 Å². The summed E-state index contributed by atoms with van der Waals surface area (Å²) in [5, 5.41) is 5.53. The predicted molar refractivity (Wildman–Crippen MR) is 104 cm³/mol. The number of aromatic nitrogens is 1. The zero-order chi connectivity index (χ0) is 19.0. The molecule has 7 heteroatoms. The number of aryl methyl sites for hydroxylation is 2. The summed E-state index contributed by atoms with van der Waals surface area (Å²) in [6, 6.07) is 7.29. The van der Waals surface area contributed by atoms with Crippen LogP contribution in [0.5, 0.6) is 0 Å². The van der Waals surface area contributed by atoms with Crippen molar-refractivity contribution < 1.29 is 8.94 Å². The summed E-state index contributed by atoms with van der Waals surface area (Å²) in [6.45, 7) is 9.06. The van der Waals surface area contributed by atoms with Crippen LogP contribution in [0, 0.1) is 13.8 Å². The van der Waals surface area contributed by atoms with Crippen molar-refractivity contribution in [1.82, 2.24) is 15.0 Å². The summed E-state index contributed by atoms with van der Waals surface area (Å²) >= 11 is 6.29. The van der Waals surface area contributed by atoms with Crippen LogP contribution in [0.2, 0.25) is 5.02 Å². The average molecular weight is 388 g/mol. The Morgan fingerprint density at radius 1 is 1.04 bits per heavy atom. The van der Waals surface area contributed by atoms with E-state index in [0.29, 0.717) is 17.2 Å². The van der Waals surface area contributed by atoms with Gasteiger partial charge in [0.1, 0.15) is 5.58 Å². The molecule has 27 heavy (non-hydrogen) atoms. The van der Waals surface area contributed by atoms with Crippen molar-refractivity contribution in [1.29, 1.82) is 0 Å². The van der Waals surface area contributed by atoms with Gasteiger partial charge in [-0.15, -0.1) is 0 Å². The van der Waals surface area contributed by atoms with Crippen molar-refractivity contribution in [2.45, 2.75) is 26.9 Å². The second kappa shape index (κ2) is 7.46. The molecule has 1 saturated heterocycles. The first-order chi connectivity index (χ1) is 13.0. The van der Waals surface area contributed by atoms with E-state index in [2.05, 4.69) is 15.0 Å². The highest BCUT2D eigenvalue weighted by Crippen LogP contribution is 2.26. The topological polar surface area (TPSA) is 62.7 Å². The Morgan fingerprint density at radius 3 is 2.41 bits per heavy atom. The van der Waals surface area contributed by atoms with Gasteiger partial charge in [0.25, 0.3) is 0 Å². The summed E-state index contributed by atoms with van der Waals surface area (Å²) in [4.78, 5) is 16.7. The van der Waals surface area contributed by atoms with Gasteiger partial charge in [-0.2, -0.15) is 0 Å². The lowest BCUT2D eigenvalue weighted by atomic mass is 10.1. The second-order valence-corrected chi connectivity index (χ2v) is 7.58. The maximum atomic E-state index is 12.0. The van der Waals surface area contributed by atoms with Gasteiger partial charge in [0, 0.05) is 55.3 Å². The zero-order valence-electron chi connectivity index (χ0n) is 15.5. The number of fused-ring (bicyclic) bond motifs is 1. The number of hydrogen-bond acceptors (Lipinski definition) is 6. The summed E-state index contributed by atoms with van der Waals surface area (Å²) in [6.07, 6.45) is 0. The summed E-state index contributed by atoms with van der Waals surface area (Å²) in [7, 11) is 0. The van der Waals surface area contributed by atoms with E-state index in [1.54, 1.807) is 6.07 Å². The number of piperazine rings is 1. The Hall–Kier alpha value is -2.15. The van der Waals surface area contributed by atoms with Crippen LogP contribution in [0.1, 0.15) is 22.6 Å². The fourth-order valence-electron chi connectivity index (χ4n) is 3.54. The molecule has 0 amide bonds. The molecule has 1 aliphatic rings. The highest BCUT2D eigenvalue weighted by atomic mass is 35.5. The van der Waals surface area contributed by atoms with Crippen LogP contribution in [-0.2, 0) is 13.1 Å². The molecule has 6 nitrogen and oxygen atoms in total. The molecular weight excluding hydrogens is 366 g/mol. The van der Waals surface area contributed by atoms with Crippen molar-refractivity contribution in [3.8, 4) is 0 Å². The molecule has 2 aromatic heterocycles. The van der Waals surface area contributed by atoms with Gasteiger partial charge in [0.05, 0.1) is 12.2 Å². The van der Waals surface area contributed by atoms with E-state index in [9.17, 15) is 4.79 Å². The Morgan fingerprint density at radius 2 is 1.74 bits per heavy atom. The van der Waals surface area contributed by atoms with Gasteiger partial charge in [-0.25, -0.2) is 4.79 Å². The molecule has 1 aliphatic heterocycles. The molecular formula is C20H22ClN3O3. The minimum Gasteiger partial charge on any atom is -0.423 e. The lowest BCUT2D eigenvalue weighted by Crippen LogP contribution is -2.45. The van der Waals surface area contributed by atoms with E-state index in [-0.39, 0.29) is 5.63 Å². The smallest absolute Gasteiger partial charge is 0.336 e. The third-order valence-electron chi connectivity index (χ3n) is 5.02. The highest BCUT2D eigenvalue weighted by Gasteiger charge is 2.20. The van der Waals surface area contributed by atoms with Crippen molar-refractivity contribution in [2.24, 2.45) is 0 Å². The second-order valence-electron chi connectivity index (χ2n) is 7.18. The average Bonchev–Trinajstić information content (AvgIpc) is 3.03. The minimum absolute atomic E-state index is 0.321. The standard InChI is InChI=1S/C20H22ClN3O3/c1-13-7-19-17(10-18(13)21)15(9-20(25)26-19)11-23-3-5-24(6-4-23)12-16-8-14(2)22-27-16/h7-10H,3-6,11-12H2,1-2H3. The summed E-state index contributed by atoms with van der Waals surface area (Å²) < 4.78 is 10.7. The van der Waals surface area contributed by atoms with E-state index in [4.69, 9.17) is 20.5 Å². The lowest BCUT2D eigenvalue weighted by Gasteiger charge is -2.34. The van der Waals surface area contributed by atoms with Crippen LogP contribution in [0.3, 0.4) is 0 Å².